The zero-order valence-electron chi connectivity index (χ0n) is 7.34. The molecule has 1 radical (unpaired) electrons. The molecule has 2 aliphatic carbocycles. The minimum absolute atomic E-state index is 0.849. The van der Waals surface area contributed by atoms with E-state index in [4.69, 9.17) is 0 Å². The summed E-state index contributed by atoms with van der Waals surface area (Å²) in [5, 5.41) is 0. The van der Waals surface area contributed by atoms with Gasteiger partial charge in [-0.05, 0) is 43.1 Å². The van der Waals surface area contributed by atoms with E-state index in [-0.39, 0.29) is 0 Å². The van der Waals surface area contributed by atoms with Gasteiger partial charge in [0.25, 0.3) is 0 Å². The first kappa shape index (κ1) is 7.39. The van der Waals surface area contributed by atoms with Crippen molar-refractivity contribution in [2.75, 3.05) is 0 Å². The largest absolute Gasteiger partial charge is 0.0773 e. The molecular formula is C11H17. The number of allylic oxidation sites excluding steroid dienone is 2. The van der Waals surface area contributed by atoms with Crippen LogP contribution >= 0.6 is 0 Å². The first-order valence-electron chi connectivity index (χ1n) is 4.99. The molecule has 0 aromatic rings. The van der Waals surface area contributed by atoms with Crippen molar-refractivity contribution in [1.82, 2.24) is 0 Å². The molecular weight excluding hydrogens is 132 g/mol. The average molecular weight is 149 g/mol. The maximum atomic E-state index is 3.44. The van der Waals surface area contributed by atoms with Crippen molar-refractivity contribution < 1.29 is 0 Å². The minimum Gasteiger partial charge on any atom is -0.0773 e. The van der Waals surface area contributed by atoms with E-state index in [1.54, 1.807) is 0 Å². The molecule has 0 aliphatic heterocycles. The van der Waals surface area contributed by atoms with Crippen LogP contribution in [0.25, 0.3) is 0 Å². The van der Waals surface area contributed by atoms with E-state index < -0.39 is 0 Å². The molecule has 3 atom stereocenters. The van der Waals surface area contributed by atoms with Gasteiger partial charge in [0.05, 0.1) is 0 Å². The Bertz CT molecular complexity index is 157. The summed E-state index contributed by atoms with van der Waals surface area (Å²) in [7, 11) is 0. The smallest absolute Gasteiger partial charge is 0.0154 e. The molecule has 0 N–H and O–H groups in total. The number of unbranched alkanes of at least 4 members (excludes halogenated alkanes) is 1. The van der Waals surface area contributed by atoms with Crippen LogP contribution in [0, 0.1) is 23.8 Å². The summed E-state index contributed by atoms with van der Waals surface area (Å²) in [5.41, 5.74) is 0. The van der Waals surface area contributed by atoms with E-state index in [0.29, 0.717) is 0 Å². The molecule has 11 heavy (non-hydrogen) atoms. The Balaban J connectivity index is 1.84. The maximum Gasteiger partial charge on any atom is -0.0154 e. The topological polar surface area (TPSA) is 0 Å². The highest BCUT2D eigenvalue weighted by molar-refractivity contribution is 5.05. The lowest BCUT2D eigenvalue weighted by Gasteiger charge is -2.16. The van der Waals surface area contributed by atoms with Crippen LogP contribution in [-0.4, -0.2) is 0 Å². The summed E-state index contributed by atoms with van der Waals surface area (Å²) in [5.74, 6) is 2.80. The third-order valence-corrected chi connectivity index (χ3v) is 3.22. The summed E-state index contributed by atoms with van der Waals surface area (Å²) in [6, 6.07) is 0. The lowest BCUT2D eigenvalue weighted by atomic mass is 9.89. The van der Waals surface area contributed by atoms with Crippen LogP contribution in [0.5, 0.6) is 0 Å². The monoisotopic (exact) mass is 149 g/mol. The van der Waals surface area contributed by atoms with Gasteiger partial charge in [-0.25, -0.2) is 0 Å². The number of hydrogen-bond donors (Lipinski definition) is 0. The summed E-state index contributed by atoms with van der Waals surface area (Å²) in [4.78, 5) is 0. The predicted octanol–water partition coefficient (Wildman–Crippen LogP) is 3.19. The Morgan fingerprint density at radius 1 is 1.45 bits per heavy atom. The molecule has 0 heterocycles. The van der Waals surface area contributed by atoms with Gasteiger partial charge >= 0.3 is 0 Å². The van der Waals surface area contributed by atoms with Crippen molar-refractivity contribution in [3.63, 3.8) is 0 Å². The zero-order chi connectivity index (χ0) is 7.68. The van der Waals surface area contributed by atoms with E-state index in [1.165, 1.54) is 32.1 Å². The lowest BCUT2D eigenvalue weighted by Crippen LogP contribution is -2.06. The maximum absolute atomic E-state index is 3.44. The molecule has 1 fully saturated rings. The van der Waals surface area contributed by atoms with Crippen LogP contribution in [0.15, 0.2) is 6.08 Å². The minimum atomic E-state index is 0.849. The highest BCUT2D eigenvalue weighted by Crippen LogP contribution is 2.44. The van der Waals surface area contributed by atoms with Gasteiger partial charge in [-0.15, -0.1) is 0 Å². The van der Waals surface area contributed by atoms with Gasteiger partial charge in [0.2, 0.25) is 0 Å². The molecule has 2 aliphatic rings. The van der Waals surface area contributed by atoms with Crippen LogP contribution in [0.3, 0.4) is 0 Å². The second-order valence-electron chi connectivity index (χ2n) is 4.07. The van der Waals surface area contributed by atoms with E-state index in [2.05, 4.69) is 19.1 Å². The SMILES string of the molecule is CCCCC1CC2[C]=CC1C2. The van der Waals surface area contributed by atoms with Crippen molar-refractivity contribution in [3.8, 4) is 0 Å². The standard InChI is InChI=1S/C11H17/c1-2-3-4-10-7-9-5-6-11(10)8-9/h6,9-11H,2-4,7-8H2,1H3. The molecule has 0 saturated heterocycles. The van der Waals surface area contributed by atoms with Crippen molar-refractivity contribution >= 4 is 0 Å². The lowest BCUT2D eigenvalue weighted by molar-refractivity contribution is 0.400. The zero-order valence-corrected chi connectivity index (χ0v) is 7.34. The van der Waals surface area contributed by atoms with Crippen LogP contribution in [0.2, 0.25) is 0 Å². The summed E-state index contributed by atoms with van der Waals surface area (Å²) in [6.45, 7) is 2.29. The molecule has 0 spiro atoms. The molecule has 0 aromatic carbocycles. The molecule has 2 bridgehead atoms. The van der Waals surface area contributed by atoms with Crippen LogP contribution in [0.1, 0.15) is 39.0 Å². The number of hydrogen-bond acceptors (Lipinski definition) is 0. The Hall–Kier alpha value is -0.260. The second-order valence-corrected chi connectivity index (χ2v) is 4.07. The summed E-state index contributed by atoms with van der Waals surface area (Å²) in [6.07, 6.45) is 12.9. The van der Waals surface area contributed by atoms with Crippen LogP contribution < -0.4 is 0 Å². The molecule has 0 nitrogen and oxygen atoms in total. The highest BCUT2D eigenvalue weighted by atomic mass is 14.4. The highest BCUT2D eigenvalue weighted by Gasteiger charge is 2.34. The number of fused-ring (bicyclic) bond motifs is 2. The first-order valence-corrected chi connectivity index (χ1v) is 4.99. The van der Waals surface area contributed by atoms with Gasteiger partial charge in [-0.3, -0.25) is 0 Å². The van der Waals surface area contributed by atoms with E-state index in [0.717, 1.165) is 17.8 Å². The fourth-order valence-electron chi connectivity index (χ4n) is 2.56. The van der Waals surface area contributed by atoms with Gasteiger partial charge < -0.3 is 0 Å². The van der Waals surface area contributed by atoms with Gasteiger partial charge in [0.15, 0.2) is 0 Å². The van der Waals surface area contributed by atoms with Crippen LogP contribution in [-0.2, 0) is 0 Å². The summed E-state index contributed by atoms with van der Waals surface area (Å²) < 4.78 is 0. The average Bonchev–Trinajstić information content (AvgIpc) is 2.60. The summed E-state index contributed by atoms with van der Waals surface area (Å²) >= 11 is 0. The van der Waals surface area contributed by atoms with Crippen molar-refractivity contribution in [2.24, 2.45) is 17.8 Å². The Morgan fingerprint density at radius 3 is 2.91 bits per heavy atom. The second kappa shape index (κ2) is 3.00. The van der Waals surface area contributed by atoms with Crippen molar-refractivity contribution in [3.05, 3.63) is 12.2 Å². The molecule has 0 aromatic heterocycles. The van der Waals surface area contributed by atoms with Gasteiger partial charge in [-0.1, -0.05) is 25.8 Å². The van der Waals surface area contributed by atoms with E-state index in [1.807, 2.05) is 0 Å². The fraction of sp³-hybridized carbons (Fsp3) is 0.818. The third-order valence-electron chi connectivity index (χ3n) is 3.22. The Labute approximate surface area is 69.7 Å². The van der Waals surface area contributed by atoms with Gasteiger partial charge in [-0.2, -0.15) is 0 Å². The molecule has 0 heteroatoms. The predicted molar refractivity (Wildman–Crippen MR) is 47.0 cm³/mol. The first-order chi connectivity index (χ1) is 5.40. The molecule has 1 saturated carbocycles. The number of rotatable bonds is 3. The Morgan fingerprint density at radius 2 is 2.36 bits per heavy atom. The van der Waals surface area contributed by atoms with E-state index >= 15 is 0 Å². The molecule has 3 unspecified atom stereocenters. The van der Waals surface area contributed by atoms with Crippen molar-refractivity contribution in [1.29, 1.82) is 0 Å². The van der Waals surface area contributed by atoms with Crippen molar-refractivity contribution in [2.45, 2.75) is 39.0 Å². The van der Waals surface area contributed by atoms with Crippen LogP contribution in [0.4, 0.5) is 0 Å². The molecule has 2 rings (SSSR count). The van der Waals surface area contributed by atoms with E-state index in [9.17, 15) is 0 Å². The molecule has 61 valence electrons. The van der Waals surface area contributed by atoms with Gasteiger partial charge in [0.1, 0.15) is 0 Å². The Kier molecular flexibility index (Phi) is 2.02. The fourth-order valence-corrected chi connectivity index (χ4v) is 2.56. The third kappa shape index (κ3) is 1.36. The molecule has 0 amide bonds. The quantitative estimate of drug-likeness (QED) is 0.578. The van der Waals surface area contributed by atoms with Gasteiger partial charge in [0, 0.05) is 0 Å². The normalized spacial score (nSPS) is 40.3.